The van der Waals surface area contributed by atoms with E-state index in [-0.39, 0.29) is 0 Å². The minimum absolute atomic E-state index is 0.322. The van der Waals surface area contributed by atoms with Gasteiger partial charge in [-0.3, -0.25) is 0 Å². The van der Waals surface area contributed by atoms with Crippen LogP contribution in [0.25, 0.3) is 5.57 Å². The summed E-state index contributed by atoms with van der Waals surface area (Å²) in [4.78, 5) is 11.1. The highest BCUT2D eigenvalue weighted by atomic mass is 35.5. The van der Waals surface area contributed by atoms with E-state index in [0.29, 0.717) is 32.5 Å². The third-order valence-corrected chi connectivity index (χ3v) is 3.73. The summed E-state index contributed by atoms with van der Waals surface area (Å²) < 4.78 is 5.10. The smallest absolute Gasteiger partial charge is 0.328 e. The number of benzene rings is 2. The van der Waals surface area contributed by atoms with E-state index in [1.54, 1.807) is 49.6 Å². The highest BCUT2D eigenvalue weighted by Crippen LogP contribution is 2.34. The second-order valence-corrected chi connectivity index (χ2v) is 5.01. The zero-order chi connectivity index (χ0) is 15.4. The van der Waals surface area contributed by atoms with E-state index in [1.165, 1.54) is 0 Å². The molecule has 1 N–H and O–H groups in total. The number of carboxylic acid groups (broad SMARTS) is 1. The molecule has 0 unspecified atom stereocenters. The first kappa shape index (κ1) is 15.4. The molecule has 0 aliphatic carbocycles. The molecule has 2 aromatic carbocycles. The maximum atomic E-state index is 11.1. The quantitative estimate of drug-likeness (QED) is 0.842. The molecule has 0 saturated carbocycles. The van der Waals surface area contributed by atoms with Gasteiger partial charge in [-0.05, 0) is 29.3 Å². The monoisotopic (exact) mass is 322 g/mol. The zero-order valence-corrected chi connectivity index (χ0v) is 12.7. The predicted molar refractivity (Wildman–Crippen MR) is 84.2 cm³/mol. The molecule has 3 nitrogen and oxygen atoms in total. The molecule has 0 radical (unpaired) electrons. The summed E-state index contributed by atoms with van der Waals surface area (Å²) in [6, 6.07) is 12.2. The van der Waals surface area contributed by atoms with Crippen LogP contribution in [0.2, 0.25) is 10.0 Å². The molecule has 0 amide bonds. The molecule has 108 valence electrons. The lowest BCUT2D eigenvalue weighted by molar-refractivity contribution is -0.131. The summed E-state index contributed by atoms with van der Waals surface area (Å²) in [6.07, 6.45) is 1.11. The van der Waals surface area contributed by atoms with Crippen molar-refractivity contribution < 1.29 is 14.6 Å². The van der Waals surface area contributed by atoms with Crippen molar-refractivity contribution in [3.63, 3.8) is 0 Å². The summed E-state index contributed by atoms with van der Waals surface area (Å²) in [5, 5.41) is 9.79. The van der Waals surface area contributed by atoms with Gasteiger partial charge in [0.2, 0.25) is 0 Å². The first-order valence-electron chi connectivity index (χ1n) is 6.06. The SMILES string of the molecule is COc1ccc(C(=CC(=O)O)c2cccc(Cl)c2Cl)cc1. The van der Waals surface area contributed by atoms with E-state index in [4.69, 9.17) is 33.0 Å². The van der Waals surface area contributed by atoms with Crippen LogP contribution in [0, 0.1) is 0 Å². The second-order valence-electron chi connectivity index (χ2n) is 4.23. The lowest BCUT2D eigenvalue weighted by atomic mass is 9.97. The van der Waals surface area contributed by atoms with Gasteiger partial charge >= 0.3 is 5.97 Å². The van der Waals surface area contributed by atoms with E-state index in [2.05, 4.69) is 0 Å². The fourth-order valence-electron chi connectivity index (χ4n) is 1.92. The predicted octanol–water partition coefficient (Wildman–Crippen LogP) is 4.52. The maximum absolute atomic E-state index is 11.1. The number of methoxy groups -OCH3 is 1. The Labute approximate surface area is 132 Å². The van der Waals surface area contributed by atoms with Crippen LogP contribution in [0.3, 0.4) is 0 Å². The Morgan fingerprint density at radius 2 is 1.81 bits per heavy atom. The zero-order valence-electron chi connectivity index (χ0n) is 11.1. The molecule has 2 aromatic rings. The van der Waals surface area contributed by atoms with Gasteiger partial charge in [-0.2, -0.15) is 0 Å². The van der Waals surface area contributed by atoms with Gasteiger partial charge in [0.1, 0.15) is 5.75 Å². The van der Waals surface area contributed by atoms with Gasteiger partial charge < -0.3 is 9.84 Å². The van der Waals surface area contributed by atoms with Crippen LogP contribution < -0.4 is 4.74 Å². The number of halogens is 2. The standard InChI is InChI=1S/C16H12Cl2O3/c1-21-11-7-5-10(6-8-11)13(9-15(19)20)12-3-2-4-14(17)16(12)18/h2-9H,1H3,(H,19,20). The van der Waals surface area contributed by atoms with Crippen LogP contribution in [0.4, 0.5) is 0 Å². The summed E-state index contributed by atoms with van der Waals surface area (Å²) >= 11 is 12.2. The van der Waals surface area contributed by atoms with Gasteiger partial charge in [0, 0.05) is 11.6 Å². The lowest BCUT2D eigenvalue weighted by Gasteiger charge is -2.11. The van der Waals surface area contributed by atoms with Crippen molar-refractivity contribution in [1.29, 1.82) is 0 Å². The van der Waals surface area contributed by atoms with E-state index in [1.807, 2.05) is 0 Å². The molecule has 21 heavy (non-hydrogen) atoms. The number of aliphatic carboxylic acids is 1. The molecule has 0 aliphatic rings. The van der Waals surface area contributed by atoms with E-state index >= 15 is 0 Å². The van der Waals surface area contributed by atoms with Crippen molar-refractivity contribution in [2.75, 3.05) is 7.11 Å². The number of hydrogen-bond donors (Lipinski definition) is 1. The van der Waals surface area contributed by atoms with Gasteiger partial charge in [0.15, 0.2) is 0 Å². The topological polar surface area (TPSA) is 46.5 Å². The molecule has 0 aromatic heterocycles. The Morgan fingerprint density at radius 1 is 1.14 bits per heavy atom. The van der Waals surface area contributed by atoms with Gasteiger partial charge in [-0.25, -0.2) is 4.79 Å². The first-order chi connectivity index (χ1) is 10.0. The summed E-state index contributed by atoms with van der Waals surface area (Å²) in [6.45, 7) is 0. The molecular formula is C16H12Cl2O3. The minimum Gasteiger partial charge on any atom is -0.497 e. The van der Waals surface area contributed by atoms with Crippen LogP contribution in [0.15, 0.2) is 48.5 Å². The molecule has 0 fully saturated rings. The van der Waals surface area contributed by atoms with E-state index in [9.17, 15) is 4.79 Å². The largest absolute Gasteiger partial charge is 0.497 e. The third-order valence-electron chi connectivity index (χ3n) is 2.91. The normalized spacial score (nSPS) is 11.3. The Bertz CT molecular complexity index is 691. The molecule has 0 atom stereocenters. The van der Waals surface area contributed by atoms with Crippen LogP contribution >= 0.6 is 23.2 Å². The fraction of sp³-hybridized carbons (Fsp3) is 0.0625. The first-order valence-corrected chi connectivity index (χ1v) is 6.82. The van der Waals surface area contributed by atoms with Gasteiger partial charge in [-0.15, -0.1) is 0 Å². The minimum atomic E-state index is -1.06. The van der Waals surface area contributed by atoms with Gasteiger partial charge in [-0.1, -0.05) is 47.5 Å². The molecule has 0 spiro atoms. The Hall–Kier alpha value is -1.97. The second kappa shape index (κ2) is 6.66. The molecule has 0 heterocycles. The highest BCUT2D eigenvalue weighted by Gasteiger charge is 2.13. The molecule has 0 bridgehead atoms. The van der Waals surface area contributed by atoms with Crippen molar-refractivity contribution in [3.8, 4) is 5.75 Å². The highest BCUT2D eigenvalue weighted by molar-refractivity contribution is 6.43. The van der Waals surface area contributed by atoms with Crippen LogP contribution in [0.5, 0.6) is 5.75 Å². The number of rotatable bonds is 4. The number of hydrogen-bond acceptors (Lipinski definition) is 2. The molecule has 0 saturated heterocycles. The summed E-state index contributed by atoms with van der Waals surface area (Å²) in [5.74, 6) is -0.373. The summed E-state index contributed by atoms with van der Waals surface area (Å²) in [7, 11) is 1.57. The lowest BCUT2D eigenvalue weighted by Crippen LogP contribution is -1.96. The molecule has 2 rings (SSSR count). The van der Waals surface area contributed by atoms with Crippen molar-refractivity contribution in [2.45, 2.75) is 0 Å². The van der Waals surface area contributed by atoms with Crippen LogP contribution in [-0.4, -0.2) is 18.2 Å². The van der Waals surface area contributed by atoms with Crippen LogP contribution in [0.1, 0.15) is 11.1 Å². The van der Waals surface area contributed by atoms with E-state index < -0.39 is 5.97 Å². The number of ether oxygens (including phenoxy) is 1. The molecular weight excluding hydrogens is 311 g/mol. The molecule has 5 heteroatoms. The Morgan fingerprint density at radius 3 is 2.38 bits per heavy atom. The van der Waals surface area contributed by atoms with E-state index in [0.717, 1.165) is 6.08 Å². The third kappa shape index (κ3) is 3.57. The van der Waals surface area contributed by atoms with Gasteiger partial charge in [0.05, 0.1) is 17.2 Å². The fourth-order valence-corrected chi connectivity index (χ4v) is 2.32. The Balaban J connectivity index is 2.58. The average Bonchev–Trinajstić information content (AvgIpc) is 2.48. The van der Waals surface area contributed by atoms with Crippen molar-refractivity contribution >= 4 is 34.7 Å². The average molecular weight is 323 g/mol. The van der Waals surface area contributed by atoms with Crippen molar-refractivity contribution in [3.05, 3.63) is 69.7 Å². The number of carboxylic acids is 1. The Kier molecular flexibility index (Phi) is 4.89. The van der Waals surface area contributed by atoms with Crippen molar-refractivity contribution in [1.82, 2.24) is 0 Å². The van der Waals surface area contributed by atoms with Crippen molar-refractivity contribution in [2.24, 2.45) is 0 Å². The summed E-state index contributed by atoms with van der Waals surface area (Å²) in [5.41, 5.74) is 1.76. The maximum Gasteiger partial charge on any atom is 0.328 e. The van der Waals surface area contributed by atoms with Crippen LogP contribution in [-0.2, 0) is 4.79 Å². The number of carbonyl (C=O) groups is 1. The van der Waals surface area contributed by atoms with Gasteiger partial charge in [0.25, 0.3) is 0 Å². The molecule has 0 aliphatic heterocycles.